The predicted molar refractivity (Wildman–Crippen MR) is 235 cm³/mol. The number of hydrogen-bond donors (Lipinski definition) is 0. The van der Waals surface area contributed by atoms with Gasteiger partial charge >= 0.3 is 0 Å². The van der Waals surface area contributed by atoms with Gasteiger partial charge in [0.05, 0.1) is 22.9 Å². The lowest BCUT2D eigenvalue weighted by Crippen LogP contribution is -1.92. The minimum absolute atomic E-state index is 0.872. The fourth-order valence-corrected chi connectivity index (χ4v) is 9.58. The second-order valence-electron chi connectivity index (χ2n) is 14.1. The van der Waals surface area contributed by atoms with Crippen molar-refractivity contribution >= 4 is 64.1 Å². The topological polar surface area (TPSA) is 25.8 Å². The number of fused-ring (bicyclic) bond motifs is 9. The van der Waals surface area contributed by atoms with Crippen LogP contribution in [0.25, 0.3) is 109 Å². The van der Waals surface area contributed by atoms with E-state index < -0.39 is 0 Å². The first kappa shape index (κ1) is 31.6. The molecule has 0 fully saturated rings. The summed E-state index contributed by atoms with van der Waals surface area (Å²) in [5.74, 6) is 0. The van der Waals surface area contributed by atoms with Crippen molar-refractivity contribution in [1.29, 1.82) is 0 Å². The maximum absolute atomic E-state index is 5.19. The fraction of sp³-hybridized carbons (Fsp3) is 0. The Balaban J connectivity index is 0.899. The first-order chi connectivity index (χ1) is 27.3. The Morgan fingerprint density at radius 2 is 0.745 bits per heavy atom. The van der Waals surface area contributed by atoms with E-state index in [2.05, 4.69) is 188 Å². The third-order valence-electron chi connectivity index (χ3n) is 10.9. The third kappa shape index (κ3) is 5.32. The van der Waals surface area contributed by atoms with E-state index in [-0.39, 0.29) is 0 Å². The first-order valence-electron chi connectivity index (χ1n) is 18.6. The SMILES string of the molecule is c1ccc(-c2cccc3c2sc2c(-c4ccc(-c5cccc(-c6ccc(-c7cnc8c9ccccc9c9ccccc9c8n7)cc6)c5)cc4)cccc23)cc1. The standard InChI is InChI=1S/C52H32N2S/c1-2-11-35(12-3-1)40-19-9-21-46-47-22-10-20-41(52(47)55-51(40)46)36-27-23-33(24-28-36)38-13-8-14-39(31-38)34-25-29-37(30-26-34)48-32-53-49-44-17-6-4-15-42(44)43-16-5-7-18-45(43)50(49)54-48/h1-32H. The zero-order chi connectivity index (χ0) is 36.3. The largest absolute Gasteiger partial charge is 0.252 e. The number of thiophene rings is 1. The van der Waals surface area contributed by atoms with Crippen LogP contribution in [0.2, 0.25) is 0 Å². The summed E-state index contributed by atoms with van der Waals surface area (Å²) in [7, 11) is 0. The molecule has 0 saturated heterocycles. The van der Waals surface area contributed by atoms with E-state index in [1.807, 2.05) is 17.5 Å². The molecule has 0 aliphatic heterocycles. The van der Waals surface area contributed by atoms with Crippen LogP contribution in [-0.4, -0.2) is 9.97 Å². The summed E-state index contributed by atoms with van der Waals surface area (Å²) in [6.07, 6.45) is 1.91. The Morgan fingerprint density at radius 1 is 0.309 bits per heavy atom. The fourth-order valence-electron chi connectivity index (χ4n) is 8.21. The van der Waals surface area contributed by atoms with E-state index in [1.54, 1.807) is 0 Å². The second-order valence-corrected chi connectivity index (χ2v) is 15.1. The van der Waals surface area contributed by atoms with Gasteiger partial charge in [0.1, 0.15) is 0 Å². The molecule has 9 aromatic carbocycles. The van der Waals surface area contributed by atoms with Crippen molar-refractivity contribution in [2.45, 2.75) is 0 Å². The highest BCUT2D eigenvalue weighted by Crippen LogP contribution is 2.44. The molecule has 256 valence electrons. The highest BCUT2D eigenvalue weighted by Gasteiger charge is 2.15. The summed E-state index contributed by atoms with van der Waals surface area (Å²) in [6, 6.07) is 67.7. The van der Waals surface area contributed by atoms with Gasteiger partial charge in [-0.15, -0.1) is 11.3 Å². The van der Waals surface area contributed by atoms with Crippen LogP contribution in [0.15, 0.2) is 194 Å². The summed E-state index contributed by atoms with van der Waals surface area (Å²) >= 11 is 1.90. The molecule has 0 aliphatic rings. The maximum Gasteiger partial charge on any atom is 0.0979 e. The molecule has 55 heavy (non-hydrogen) atoms. The normalized spacial score (nSPS) is 11.6. The third-order valence-corrected chi connectivity index (χ3v) is 12.2. The summed E-state index contributed by atoms with van der Waals surface area (Å²) in [5, 5.41) is 7.30. The lowest BCUT2D eigenvalue weighted by Gasteiger charge is -2.11. The molecule has 3 heteroatoms. The molecule has 2 heterocycles. The van der Waals surface area contributed by atoms with Crippen LogP contribution in [0.4, 0.5) is 0 Å². The van der Waals surface area contributed by atoms with Crippen LogP contribution in [0.1, 0.15) is 0 Å². The van der Waals surface area contributed by atoms with Crippen molar-refractivity contribution in [3.05, 3.63) is 194 Å². The maximum atomic E-state index is 5.19. The monoisotopic (exact) mass is 716 g/mol. The van der Waals surface area contributed by atoms with Crippen LogP contribution in [0.3, 0.4) is 0 Å². The van der Waals surface area contributed by atoms with Gasteiger partial charge in [-0.3, -0.25) is 4.98 Å². The Kier molecular flexibility index (Phi) is 7.39. The van der Waals surface area contributed by atoms with Gasteiger partial charge in [0.15, 0.2) is 0 Å². The number of benzene rings is 9. The van der Waals surface area contributed by atoms with Gasteiger partial charge in [0, 0.05) is 36.5 Å². The molecule has 0 amide bonds. The minimum atomic E-state index is 0.872. The molecule has 2 aromatic heterocycles. The molecular weight excluding hydrogens is 685 g/mol. The average molecular weight is 717 g/mol. The van der Waals surface area contributed by atoms with Gasteiger partial charge in [-0.2, -0.15) is 0 Å². The number of nitrogens with zero attached hydrogens (tertiary/aromatic N) is 2. The molecule has 0 aliphatic carbocycles. The molecule has 0 unspecified atom stereocenters. The number of rotatable bonds is 5. The summed E-state index contributed by atoms with van der Waals surface area (Å²) in [4.78, 5) is 10.2. The zero-order valence-electron chi connectivity index (χ0n) is 29.8. The molecule has 0 spiro atoms. The molecule has 0 radical (unpaired) electrons. The van der Waals surface area contributed by atoms with Gasteiger partial charge in [0.25, 0.3) is 0 Å². The summed E-state index contributed by atoms with van der Waals surface area (Å²) < 4.78 is 2.67. The van der Waals surface area contributed by atoms with E-state index in [0.29, 0.717) is 0 Å². The van der Waals surface area contributed by atoms with Gasteiger partial charge in [-0.25, -0.2) is 4.98 Å². The van der Waals surface area contributed by atoms with E-state index in [4.69, 9.17) is 9.97 Å². The smallest absolute Gasteiger partial charge is 0.0979 e. The second kappa shape index (κ2) is 12.9. The Morgan fingerprint density at radius 3 is 1.35 bits per heavy atom. The Bertz CT molecular complexity index is 3200. The molecule has 0 N–H and O–H groups in total. The van der Waals surface area contributed by atoms with E-state index >= 15 is 0 Å². The Hall–Kier alpha value is -6.94. The Labute approximate surface area is 322 Å². The van der Waals surface area contributed by atoms with Crippen molar-refractivity contribution in [2.75, 3.05) is 0 Å². The highest BCUT2D eigenvalue weighted by atomic mass is 32.1. The van der Waals surface area contributed by atoms with Crippen LogP contribution in [0, 0.1) is 0 Å². The van der Waals surface area contributed by atoms with E-state index in [9.17, 15) is 0 Å². The van der Waals surface area contributed by atoms with Crippen molar-refractivity contribution < 1.29 is 0 Å². The van der Waals surface area contributed by atoms with Crippen LogP contribution in [-0.2, 0) is 0 Å². The molecule has 0 saturated carbocycles. The van der Waals surface area contributed by atoms with Crippen molar-refractivity contribution in [2.24, 2.45) is 0 Å². The van der Waals surface area contributed by atoms with E-state index in [0.717, 1.165) is 33.1 Å². The van der Waals surface area contributed by atoms with Crippen LogP contribution < -0.4 is 0 Å². The van der Waals surface area contributed by atoms with Gasteiger partial charge < -0.3 is 0 Å². The predicted octanol–water partition coefficient (Wildman–Crippen LogP) is 14.6. The van der Waals surface area contributed by atoms with Crippen molar-refractivity contribution in [1.82, 2.24) is 9.97 Å². The van der Waals surface area contributed by atoms with Crippen molar-refractivity contribution in [3.63, 3.8) is 0 Å². The molecule has 2 nitrogen and oxygen atoms in total. The quantitative estimate of drug-likeness (QED) is 0.166. The van der Waals surface area contributed by atoms with Crippen molar-refractivity contribution in [3.8, 4) is 55.8 Å². The molecular formula is C52H32N2S. The number of hydrogen-bond acceptors (Lipinski definition) is 3. The lowest BCUT2D eigenvalue weighted by atomic mass is 9.96. The van der Waals surface area contributed by atoms with E-state index in [1.165, 1.54) is 75.5 Å². The molecule has 0 bridgehead atoms. The number of aromatic nitrogens is 2. The molecule has 11 rings (SSSR count). The molecule has 11 aromatic rings. The first-order valence-corrected chi connectivity index (χ1v) is 19.5. The van der Waals surface area contributed by atoms with Gasteiger partial charge in [-0.05, 0) is 61.3 Å². The summed E-state index contributed by atoms with van der Waals surface area (Å²) in [5.41, 5.74) is 13.6. The zero-order valence-corrected chi connectivity index (χ0v) is 30.6. The van der Waals surface area contributed by atoms with Crippen LogP contribution in [0.5, 0.6) is 0 Å². The van der Waals surface area contributed by atoms with Gasteiger partial charge in [-0.1, -0.05) is 182 Å². The van der Waals surface area contributed by atoms with Gasteiger partial charge in [0.2, 0.25) is 0 Å². The summed E-state index contributed by atoms with van der Waals surface area (Å²) in [6.45, 7) is 0. The highest BCUT2D eigenvalue weighted by molar-refractivity contribution is 7.26. The average Bonchev–Trinajstić information content (AvgIpc) is 3.66. The minimum Gasteiger partial charge on any atom is -0.252 e. The lowest BCUT2D eigenvalue weighted by molar-refractivity contribution is 1.31. The molecule has 0 atom stereocenters. The van der Waals surface area contributed by atoms with Crippen LogP contribution >= 0.6 is 11.3 Å².